The van der Waals surface area contributed by atoms with E-state index in [2.05, 4.69) is 29.1 Å². The minimum Gasteiger partial charge on any atom is -0.347 e. The van der Waals surface area contributed by atoms with E-state index in [0.717, 1.165) is 23.6 Å². The molecule has 16 heavy (non-hydrogen) atoms. The molecule has 0 aromatic carbocycles. The van der Waals surface area contributed by atoms with E-state index in [4.69, 9.17) is 0 Å². The third-order valence-corrected chi connectivity index (χ3v) is 3.81. The highest BCUT2D eigenvalue weighted by Gasteiger charge is 2.31. The molecule has 0 bridgehead atoms. The lowest BCUT2D eigenvalue weighted by Gasteiger charge is -2.35. The number of aromatic nitrogens is 2. The molecule has 0 saturated heterocycles. The predicted octanol–water partition coefficient (Wildman–Crippen LogP) is 2.74. The monoisotopic (exact) mass is 221 g/mol. The minimum atomic E-state index is 0.389. The number of imidazole rings is 1. The Hall–Kier alpha value is -0.830. The van der Waals surface area contributed by atoms with E-state index >= 15 is 0 Å². The van der Waals surface area contributed by atoms with Crippen LogP contribution in [0, 0.1) is 17.8 Å². The van der Waals surface area contributed by atoms with Gasteiger partial charge in [0.25, 0.3) is 0 Å². The van der Waals surface area contributed by atoms with E-state index in [-0.39, 0.29) is 0 Å². The van der Waals surface area contributed by atoms with Crippen LogP contribution >= 0.6 is 0 Å². The number of aromatic amines is 1. The van der Waals surface area contributed by atoms with Crippen LogP contribution in [0.4, 0.5) is 0 Å². The molecule has 1 aromatic rings. The van der Waals surface area contributed by atoms with Crippen molar-refractivity contribution in [3.05, 3.63) is 18.2 Å². The second-order valence-electron chi connectivity index (χ2n) is 5.42. The Balaban J connectivity index is 2.09. The number of nitrogens with zero attached hydrogens (tertiary/aromatic N) is 1. The lowest BCUT2D eigenvalue weighted by atomic mass is 9.73. The van der Waals surface area contributed by atoms with Gasteiger partial charge in [0, 0.05) is 12.4 Å². The maximum Gasteiger partial charge on any atom is 0.123 e. The summed E-state index contributed by atoms with van der Waals surface area (Å²) in [5, 5.41) is 3.42. The molecule has 0 amide bonds. The van der Waals surface area contributed by atoms with Gasteiger partial charge in [-0.15, -0.1) is 0 Å². The highest BCUT2D eigenvalue weighted by molar-refractivity contribution is 4.99. The number of H-pyrrole nitrogens is 1. The summed E-state index contributed by atoms with van der Waals surface area (Å²) < 4.78 is 0. The zero-order valence-corrected chi connectivity index (χ0v) is 10.5. The Kier molecular flexibility index (Phi) is 3.64. The molecular formula is C13H23N3. The standard InChI is InChI=1S/C13H23N3/c1-9-6-10(2)8-11(7-9)12(14-3)13-15-4-5-16-13/h4-5,9-12,14H,6-8H2,1-3H3,(H,15,16). The van der Waals surface area contributed by atoms with Crippen molar-refractivity contribution in [3.63, 3.8) is 0 Å². The maximum absolute atomic E-state index is 4.39. The van der Waals surface area contributed by atoms with Gasteiger partial charge in [0.15, 0.2) is 0 Å². The molecule has 1 aromatic heterocycles. The Morgan fingerprint density at radius 1 is 1.31 bits per heavy atom. The summed E-state index contributed by atoms with van der Waals surface area (Å²) in [6.07, 6.45) is 7.77. The predicted molar refractivity (Wildman–Crippen MR) is 66.1 cm³/mol. The van der Waals surface area contributed by atoms with Gasteiger partial charge >= 0.3 is 0 Å². The van der Waals surface area contributed by atoms with Gasteiger partial charge in [-0.3, -0.25) is 0 Å². The highest BCUT2D eigenvalue weighted by Crippen LogP contribution is 2.38. The molecule has 1 heterocycles. The van der Waals surface area contributed by atoms with E-state index in [0.29, 0.717) is 6.04 Å². The topological polar surface area (TPSA) is 40.7 Å². The van der Waals surface area contributed by atoms with Crippen molar-refractivity contribution >= 4 is 0 Å². The fourth-order valence-electron chi connectivity index (χ4n) is 3.32. The fourth-order valence-corrected chi connectivity index (χ4v) is 3.32. The smallest absolute Gasteiger partial charge is 0.123 e. The van der Waals surface area contributed by atoms with E-state index in [1.807, 2.05) is 19.4 Å². The summed E-state index contributed by atoms with van der Waals surface area (Å²) >= 11 is 0. The van der Waals surface area contributed by atoms with Gasteiger partial charge < -0.3 is 10.3 Å². The zero-order valence-electron chi connectivity index (χ0n) is 10.5. The molecule has 3 atom stereocenters. The zero-order chi connectivity index (χ0) is 11.5. The van der Waals surface area contributed by atoms with Crippen molar-refractivity contribution in [2.75, 3.05) is 7.05 Å². The lowest BCUT2D eigenvalue weighted by molar-refractivity contribution is 0.177. The summed E-state index contributed by atoms with van der Waals surface area (Å²) in [5.41, 5.74) is 0. The second-order valence-corrected chi connectivity index (χ2v) is 5.42. The van der Waals surface area contributed by atoms with Gasteiger partial charge in [-0.2, -0.15) is 0 Å². The molecule has 0 aliphatic heterocycles. The molecule has 3 heteroatoms. The molecule has 1 aliphatic carbocycles. The Bertz CT molecular complexity index is 297. The summed E-state index contributed by atoms with van der Waals surface area (Å²) in [7, 11) is 2.04. The minimum absolute atomic E-state index is 0.389. The first-order valence-corrected chi connectivity index (χ1v) is 6.37. The molecule has 3 unspecified atom stereocenters. The SMILES string of the molecule is CNC(c1ncc[nH]1)C1CC(C)CC(C)C1. The van der Waals surface area contributed by atoms with Gasteiger partial charge in [0.05, 0.1) is 6.04 Å². The average molecular weight is 221 g/mol. The van der Waals surface area contributed by atoms with Gasteiger partial charge in [-0.05, 0) is 44.1 Å². The van der Waals surface area contributed by atoms with Crippen molar-refractivity contribution in [2.24, 2.45) is 17.8 Å². The number of rotatable bonds is 3. The molecule has 0 radical (unpaired) electrons. The van der Waals surface area contributed by atoms with E-state index in [9.17, 15) is 0 Å². The summed E-state index contributed by atoms with van der Waals surface area (Å²) in [6, 6.07) is 0.389. The van der Waals surface area contributed by atoms with Crippen LogP contribution in [0.1, 0.15) is 45.0 Å². The normalized spacial score (nSPS) is 32.6. The number of hydrogen-bond donors (Lipinski definition) is 2. The van der Waals surface area contributed by atoms with Gasteiger partial charge in [-0.25, -0.2) is 4.98 Å². The Morgan fingerprint density at radius 2 is 2.00 bits per heavy atom. The van der Waals surface area contributed by atoms with Crippen LogP contribution in [0.25, 0.3) is 0 Å². The van der Waals surface area contributed by atoms with Crippen molar-refractivity contribution in [3.8, 4) is 0 Å². The first-order valence-electron chi connectivity index (χ1n) is 6.37. The van der Waals surface area contributed by atoms with Crippen molar-refractivity contribution in [2.45, 2.75) is 39.2 Å². The fraction of sp³-hybridized carbons (Fsp3) is 0.769. The van der Waals surface area contributed by atoms with Crippen LogP contribution in [0.2, 0.25) is 0 Å². The summed E-state index contributed by atoms with van der Waals surface area (Å²) in [4.78, 5) is 7.64. The van der Waals surface area contributed by atoms with E-state index in [1.165, 1.54) is 19.3 Å². The second kappa shape index (κ2) is 5.00. The van der Waals surface area contributed by atoms with Gasteiger partial charge in [0.1, 0.15) is 5.82 Å². The first kappa shape index (κ1) is 11.6. The Labute approximate surface area is 98.1 Å². The lowest BCUT2D eigenvalue weighted by Crippen LogP contribution is -2.32. The molecule has 1 fully saturated rings. The molecular weight excluding hydrogens is 198 g/mol. The van der Waals surface area contributed by atoms with E-state index in [1.54, 1.807) is 0 Å². The number of nitrogens with one attached hydrogen (secondary N) is 2. The van der Waals surface area contributed by atoms with Crippen LogP contribution < -0.4 is 5.32 Å². The van der Waals surface area contributed by atoms with Crippen LogP contribution in [-0.2, 0) is 0 Å². The van der Waals surface area contributed by atoms with Gasteiger partial charge in [0.2, 0.25) is 0 Å². The van der Waals surface area contributed by atoms with Crippen LogP contribution in [0.15, 0.2) is 12.4 Å². The third-order valence-electron chi connectivity index (χ3n) is 3.81. The molecule has 2 rings (SSSR count). The molecule has 3 nitrogen and oxygen atoms in total. The van der Waals surface area contributed by atoms with Gasteiger partial charge in [-0.1, -0.05) is 13.8 Å². The van der Waals surface area contributed by atoms with Crippen molar-refractivity contribution in [1.82, 2.24) is 15.3 Å². The van der Waals surface area contributed by atoms with Crippen LogP contribution in [0.3, 0.4) is 0 Å². The maximum atomic E-state index is 4.39. The molecule has 2 N–H and O–H groups in total. The molecule has 1 aliphatic rings. The molecule has 0 spiro atoms. The van der Waals surface area contributed by atoms with Crippen molar-refractivity contribution in [1.29, 1.82) is 0 Å². The Morgan fingerprint density at radius 3 is 2.50 bits per heavy atom. The van der Waals surface area contributed by atoms with E-state index < -0.39 is 0 Å². The third kappa shape index (κ3) is 2.46. The highest BCUT2D eigenvalue weighted by atomic mass is 15.0. The first-order chi connectivity index (χ1) is 7.70. The number of hydrogen-bond acceptors (Lipinski definition) is 2. The molecule has 1 saturated carbocycles. The van der Waals surface area contributed by atoms with Crippen LogP contribution in [0.5, 0.6) is 0 Å². The largest absolute Gasteiger partial charge is 0.347 e. The summed E-state index contributed by atoms with van der Waals surface area (Å²) in [5.74, 6) is 3.50. The summed E-state index contributed by atoms with van der Waals surface area (Å²) in [6.45, 7) is 4.75. The van der Waals surface area contributed by atoms with Crippen molar-refractivity contribution < 1.29 is 0 Å². The van der Waals surface area contributed by atoms with Crippen LogP contribution in [-0.4, -0.2) is 17.0 Å². The molecule has 90 valence electrons. The average Bonchev–Trinajstić information content (AvgIpc) is 2.70. The quantitative estimate of drug-likeness (QED) is 0.824.